The number of nitrogens with zero attached hydrogens (tertiary/aromatic N) is 1. The summed E-state index contributed by atoms with van der Waals surface area (Å²) in [4.78, 5) is 19.3. The number of aliphatic hydroxyl groups is 1. The fourth-order valence-corrected chi connectivity index (χ4v) is 7.40. The van der Waals surface area contributed by atoms with Gasteiger partial charge in [-0.05, 0) is 59.7 Å². The molecule has 0 aliphatic carbocycles. The molecule has 0 saturated carbocycles. The molecular formula is C36H37FN2O6S2. The maximum atomic E-state index is 14.3. The molecule has 8 nitrogen and oxygen atoms in total. The molecule has 0 radical (unpaired) electrons. The summed E-state index contributed by atoms with van der Waals surface area (Å²) in [7, 11) is -3.76. The molecule has 5 rings (SSSR count). The molecule has 4 aromatic carbocycles. The molecule has 11 heteroatoms. The first-order valence-electron chi connectivity index (χ1n) is 15.3. The molecule has 0 spiro atoms. The van der Waals surface area contributed by atoms with Crippen LogP contribution in [0.5, 0.6) is 5.75 Å². The number of thioether (sulfide) groups is 1. The van der Waals surface area contributed by atoms with Crippen LogP contribution in [0.25, 0.3) is 0 Å². The van der Waals surface area contributed by atoms with Crippen LogP contribution >= 0.6 is 11.8 Å². The van der Waals surface area contributed by atoms with E-state index in [1.807, 2.05) is 30.3 Å². The van der Waals surface area contributed by atoms with Crippen LogP contribution in [-0.2, 0) is 25.1 Å². The number of rotatable bonds is 16. The van der Waals surface area contributed by atoms with E-state index in [9.17, 15) is 17.6 Å². The van der Waals surface area contributed by atoms with E-state index in [1.165, 1.54) is 12.1 Å². The second kappa shape index (κ2) is 16.1. The van der Waals surface area contributed by atoms with E-state index in [4.69, 9.17) is 19.6 Å². The topological polar surface area (TPSA) is 114 Å². The molecular weight excluding hydrogens is 640 g/mol. The van der Waals surface area contributed by atoms with Crippen LogP contribution < -0.4 is 10.1 Å². The van der Waals surface area contributed by atoms with Crippen molar-refractivity contribution in [2.75, 3.05) is 31.3 Å². The van der Waals surface area contributed by atoms with Crippen LogP contribution in [-0.4, -0.2) is 62.1 Å². The summed E-state index contributed by atoms with van der Waals surface area (Å²) in [6.07, 6.45) is -0.508. The lowest BCUT2D eigenvalue weighted by atomic mass is 9.85. The summed E-state index contributed by atoms with van der Waals surface area (Å²) in [5.74, 6) is 0.997. The van der Waals surface area contributed by atoms with Crippen LogP contribution in [0.15, 0.2) is 119 Å². The minimum atomic E-state index is -3.76. The van der Waals surface area contributed by atoms with Gasteiger partial charge in [0.25, 0.3) is 5.91 Å². The largest absolute Gasteiger partial charge is 0.494 e. The normalized spacial score (nSPS) is 17.5. The number of carbonyl (C=O) groups is 1. The van der Waals surface area contributed by atoms with Gasteiger partial charge in [-0.15, -0.1) is 0 Å². The van der Waals surface area contributed by atoms with E-state index >= 15 is 0 Å². The van der Waals surface area contributed by atoms with Crippen molar-refractivity contribution in [1.29, 1.82) is 0 Å². The van der Waals surface area contributed by atoms with Gasteiger partial charge in [-0.3, -0.25) is 4.79 Å². The van der Waals surface area contributed by atoms with Gasteiger partial charge in [0.1, 0.15) is 11.6 Å². The Bertz CT molecular complexity index is 1740. The van der Waals surface area contributed by atoms with Crippen LogP contribution in [0.2, 0.25) is 0 Å². The van der Waals surface area contributed by atoms with Gasteiger partial charge in [0.15, 0.2) is 21.5 Å². The Morgan fingerprint density at radius 2 is 1.64 bits per heavy atom. The predicted octanol–water partition coefficient (Wildman–Crippen LogP) is 5.76. The molecule has 0 unspecified atom stereocenters. The third-order valence-electron chi connectivity index (χ3n) is 7.70. The van der Waals surface area contributed by atoms with Gasteiger partial charge < -0.3 is 19.9 Å². The lowest BCUT2D eigenvalue weighted by Crippen LogP contribution is -2.49. The van der Waals surface area contributed by atoms with Gasteiger partial charge in [0.05, 0.1) is 17.3 Å². The first-order valence-corrected chi connectivity index (χ1v) is 18.2. The Kier molecular flexibility index (Phi) is 11.7. The van der Waals surface area contributed by atoms with Crippen LogP contribution in [0.4, 0.5) is 4.39 Å². The third-order valence-corrected chi connectivity index (χ3v) is 10.5. The van der Waals surface area contributed by atoms with Crippen molar-refractivity contribution >= 4 is 33.4 Å². The van der Waals surface area contributed by atoms with Gasteiger partial charge in [0.2, 0.25) is 5.90 Å². The zero-order valence-corrected chi connectivity index (χ0v) is 27.4. The highest BCUT2D eigenvalue weighted by molar-refractivity contribution is 7.98. The molecule has 47 heavy (non-hydrogen) atoms. The summed E-state index contributed by atoms with van der Waals surface area (Å²) >= 11 is 1.59. The number of halogens is 1. The molecule has 0 fully saturated rings. The standard InChI is InChI=1S/C36H37FN2O6S2/c37-30-16-12-27(13-17-30)26-46-24-21-38-35(41)36(20-25-47(42,43)32-10-5-2-6-11-32)33(28-8-3-1-4-9-28)45-34(39-36)29-14-18-31(19-15-29)44-23-7-22-40/h1-6,8-19,33,40H,7,20-26H2,(H,38,41)/t33-,36-/m1/s1. The molecule has 0 saturated heterocycles. The Labute approximate surface area is 279 Å². The summed E-state index contributed by atoms with van der Waals surface area (Å²) in [5.41, 5.74) is 0.679. The fraction of sp³-hybridized carbons (Fsp3) is 0.278. The van der Waals surface area contributed by atoms with Crippen molar-refractivity contribution in [3.63, 3.8) is 0 Å². The number of nitrogens with one attached hydrogen (secondary N) is 1. The smallest absolute Gasteiger partial charge is 0.252 e. The number of carbonyl (C=O) groups excluding carboxylic acids is 1. The van der Waals surface area contributed by atoms with Crippen molar-refractivity contribution in [2.24, 2.45) is 4.99 Å². The highest BCUT2D eigenvalue weighted by Crippen LogP contribution is 2.43. The lowest BCUT2D eigenvalue weighted by molar-refractivity contribution is -0.128. The maximum absolute atomic E-state index is 14.3. The molecule has 1 amide bonds. The summed E-state index contributed by atoms with van der Waals surface area (Å²) < 4.78 is 52.3. The Hall–Kier alpha value is -4.19. The molecule has 0 bridgehead atoms. The van der Waals surface area contributed by atoms with E-state index < -0.39 is 27.4 Å². The number of sulfone groups is 1. The average molecular weight is 677 g/mol. The van der Waals surface area contributed by atoms with Crippen LogP contribution in [0.3, 0.4) is 0 Å². The molecule has 2 N–H and O–H groups in total. The monoisotopic (exact) mass is 676 g/mol. The summed E-state index contributed by atoms with van der Waals surface area (Å²) in [6.45, 7) is 0.704. The SMILES string of the molecule is O=C(NCCSCc1ccc(F)cc1)[C@]1(CCS(=O)(=O)c2ccccc2)N=C(c2ccc(OCCCO)cc2)O[C@@H]1c1ccccc1. The molecule has 1 aliphatic heterocycles. The number of hydrogen-bond donors (Lipinski definition) is 2. The third kappa shape index (κ3) is 8.79. The molecule has 2 atom stereocenters. The quantitative estimate of drug-likeness (QED) is 0.145. The Morgan fingerprint density at radius 1 is 0.957 bits per heavy atom. The highest BCUT2D eigenvalue weighted by Gasteiger charge is 2.53. The second-order valence-corrected chi connectivity index (χ2v) is 14.2. The van der Waals surface area contributed by atoms with Crippen LogP contribution in [0.1, 0.15) is 35.6 Å². The molecule has 1 aliphatic rings. The predicted molar refractivity (Wildman–Crippen MR) is 182 cm³/mol. The van der Waals surface area contributed by atoms with Crippen molar-refractivity contribution in [3.05, 3.63) is 132 Å². The Balaban J connectivity index is 1.42. The molecule has 4 aromatic rings. The van der Waals surface area contributed by atoms with E-state index in [0.717, 1.165) is 5.56 Å². The highest BCUT2D eigenvalue weighted by atomic mass is 32.2. The summed E-state index contributed by atoms with van der Waals surface area (Å²) in [5, 5.41) is 12.0. The van der Waals surface area contributed by atoms with E-state index in [1.54, 1.807) is 78.5 Å². The zero-order chi connectivity index (χ0) is 33.1. The average Bonchev–Trinajstić information content (AvgIpc) is 3.50. The number of amides is 1. The number of hydrogen-bond acceptors (Lipinski definition) is 8. The van der Waals surface area contributed by atoms with Crippen molar-refractivity contribution in [2.45, 2.75) is 35.1 Å². The molecule has 0 aromatic heterocycles. The van der Waals surface area contributed by atoms with Gasteiger partial charge >= 0.3 is 0 Å². The van der Waals surface area contributed by atoms with Crippen molar-refractivity contribution in [1.82, 2.24) is 5.32 Å². The number of benzene rings is 4. The summed E-state index contributed by atoms with van der Waals surface area (Å²) in [6, 6.07) is 30.7. The number of aliphatic imine (C=N–C) groups is 1. The van der Waals surface area contributed by atoms with Crippen molar-refractivity contribution in [3.8, 4) is 5.75 Å². The van der Waals surface area contributed by atoms with Crippen molar-refractivity contribution < 1.29 is 32.2 Å². The van der Waals surface area contributed by atoms with E-state index in [-0.39, 0.29) is 35.4 Å². The number of ether oxygens (including phenoxy) is 2. The maximum Gasteiger partial charge on any atom is 0.252 e. The minimum Gasteiger partial charge on any atom is -0.494 e. The van der Waals surface area contributed by atoms with E-state index in [0.29, 0.717) is 48.0 Å². The minimum absolute atomic E-state index is 0.0285. The zero-order valence-electron chi connectivity index (χ0n) is 25.8. The van der Waals surface area contributed by atoms with Gasteiger partial charge in [-0.1, -0.05) is 60.7 Å². The van der Waals surface area contributed by atoms with Gasteiger partial charge in [-0.2, -0.15) is 11.8 Å². The molecule has 1 heterocycles. The first-order chi connectivity index (χ1) is 22.8. The van der Waals surface area contributed by atoms with E-state index in [2.05, 4.69) is 5.32 Å². The van der Waals surface area contributed by atoms with Crippen LogP contribution in [0, 0.1) is 5.82 Å². The lowest BCUT2D eigenvalue weighted by Gasteiger charge is -2.30. The second-order valence-electron chi connectivity index (χ2n) is 11.0. The molecule has 246 valence electrons. The number of aliphatic hydroxyl groups excluding tert-OH is 1. The van der Waals surface area contributed by atoms with Gasteiger partial charge in [0, 0.05) is 43.1 Å². The first kappa shape index (κ1) is 34.2. The fourth-order valence-electron chi connectivity index (χ4n) is 5.19. The van der Waals surface area contributed by atoms with Gasteiger partial charge in [-0.25, -0.2) is 17.8 Å². The Morgan fingerprint density at radius 3 is 2.32 bits per heavy atom.